The van der Waals surface area contributed by atoms with E-state index in [0.717, 1.165) is 19.3 Å². The monoisotopic (exact) mass is 347 g/mol. The zero-order chi connectivity index (χ0) is 17.9. The second-order valence-corrected chi connectivity index (χ2v) is 7.96. The van der Waals surface area contributed by atoms with Gasteiger partial charge in [0, 0.05) is 0 Å². The third-order valence-corrected chi connectivity index (χ3v) is 4.70. The van der Waals surface area contributed by atoms with Crippen molar-refractivity contribution in [2.45, 2.75) is 70.4 Å². The summed E-state index contributed by atoms with van der Waals surface area (Å²) in [7, 11) is 0. The van der Waals surface area contributed by atoms with Gasteiger partial charge in [0.1, 0.15) is 5.60 Å². The van der Waals surface area contributed by atoms with Crippen LogP contribution < -0.4 is 0 Å². The van der Waals surface area contributed by atoms with Crippen molar-refractivity contribution in [1.82, 2.24) is 4.90 Å². The highest BCUT2D eigenvalue weighted by Crippen LogP contribution is 2.30. The van der Waals surface area contributed by atoms with E-state index in [4.69, 9.17) is 14.2 Å². The van der Waals surface area contributed by atoms with Gasteiger partial charge in [0.05, 0.1) is 38.0 Å². The molecule has 0 spiro atoms. The van der Waals surface area contributed by atoms with Crippen LogP contribution in [0.1, 0.15) is 45.6 Å². The molecule has 0 N–H and O–H groups in total. The molecular weight excluding hydrogens is 318 g/mol. The summed E-state index contributed by atoms with van der Waals surface area (Å²) in [5.74, 6) is 0. The zero-order valence-corrected chi connectivity index (χ0v) is 15.4. The molecule has 2 aliphatic rings. The minimum atomic E-state index is -0.484. The van der Waals surface area contributed by atoms with Crippen molar-refractivity contribution >= 4 is 6.09 Å². The molecule has 5 heteroatoms. The fraction of sp³-hybridized carbons (Fsp3) is 0.650. The van der Waals surface area contributed by atoms with Crippen molar-refractivity contribution in [3.8, 4) is 0 Å². The highest BCUT2D eigenvalue weighted by atomic mass is 16.6. The number of benzene rings is 1. The number of hydrogen-bond acceptors (Lipinski definition) is 4. The van der Waals surface area contributed by atoms with Gasteiger partial charge < -0.3 is 14.2 Å². The quantitative estimate of drug-likeness (QED) is 0.835. The molecule has 3 rings (SSSR count). The molecule has 0 radical (unpaired) electrons. The first-order valence-electron chi connectivity index (χ1n) is 9.17. The Balaban J connectivity index is 1.63. The maximum Gasteiger partial charge on any atom is 0.410 e. The first kappa shape index (κ1) is 18.2. The number of fused-ring (bicyclic) bond motifs is 2. The maximum absolute atomic E-state index is 12.7. The van der Waals surface area contributed by atoms with Gasteiger partial charge in [-0.3, -0.25) is 4.90 Å². The predicted octanol–water partition coefficient (Wildman–Crippen LogP) is 3.76. The van der Waals surface area contributed by atoms with Crippen molar-refractivity contribution in [2.24, 2.45) is 0 Å². The van der Waals surface area contributed by atoms with Crippen LogP contribution in [0.4, 0.5) is 4.79 Å². The molecule has 1 aromatic carbocycles. The van der Waals surface area contributed by atoms with E-state index in [2.05, 4.69) is 12.1 Å². The number of ether oxygens (including phenoxy) is 3. The van der Waals surface area contributed by atoms with E-state index >= 15 is 0 Å². The lowest BCUT2D eigenvalue weighted by atomic mass is 10.1. The minimum Gasteiger partial charge on any atom is -0.444 e. The Hall–Kier alpha value is -1.59. The Bertz CT molecular complexity index is 569. The summed E-state index contributed by atoms with van der Waals surface area (Å²) in [6, 6.07) is 10.3. The van der Waals surface area contributed by atoms with E-state index in [1.54, 1.807) is 0 Å². The Labute approximate surface area is 150 Å². The SMILES string of the molecule is CC(C)(C)OC(=O)N1C2CCC(OCc3ccccc3)CC1COC2. The molecule has 0 aliphatic carbocycles. The average molecular weight is 347 g/mol. The molecular formula is C20H29NO4. The number of nitrogens with zero attached hydrogens (tertiary/aromatic N) is 1. The van der Waals surface area contributed by atoms with Crippen LogP contribution in [0.25, 0.3) is 0 Å². The fourth-order valence-electron chi connectivity index (χ4n) is 3.55. The summed E-state index contributed by atoms with van der Waals surface area (Å²) in [6.07, 6.45) is 2.53. The van der Waals surface area contributed by atoms with Gasteiger partial charge in [-0.05, 0) is 45.6 Å². The standard InChI is InChI=1S/C20H29NO4/c1-20(2,3)25-19(22)21-16-9-10-18(11-17(21)14-23-13-16)24-12-15-7-5-4-6-8-15/h4-8,16-18H,9-14H2,1-3H3. The Morgan fingerprint density at radius 1 is 1.16 bits per heavy atom. The van der Waals surface area contributed by atoms with Crippen molar-refractivity contribution in [1.29, 1.82) is 0 Å². The van der Waals surface area contributed by atoms with E-state index in [1.165, 1.54) is 5.56 Å². The van der Waals surface area contributed by atoms with E-state index in [1.807, 2.05) is 43.9 Å². The van der Waals surface area contributed by atoms with E-state index in [9.17, 15) is 4.79 Å². The zero-order valence-electron chi connectivity index (χ0n) is 15.4. The summed E-state index contributed by atoms with van der Waals surface area (Å²) in [5, 5.41) is 0. The second kappa shape index (κ2) is 7.75. The molecule has 2 saturated heterocycles. The summed E-state index contributed by atoms with van der Waals surface area (Å²) in [4.78, 5) is 14.6. The van der Waals surface area contributed by atoms with Crippen LogP contribution in [0.2, 0.25) is 0 Å². The Morgan fingerprint density at radius 2 is 1.88 bits per heavy atom. The van der Waals surface area contributed by atoms with Gasteiger partial charge in [-0.1, -0.05) is 30.3 Å². The molecule has 5 nitrogen and oxygen atoms in total. The van der Waals surface area contributed by atoms with Crippen LogP contribution >= 0.6 is 0 Å². The van der Waals surface area contributed by atoms with Crippen LogP contribution in [-0.4, -0.2) is 48.0 Å². The van der Waals surface area contributed by atoms with E-state index in [-0.39, 0.29) is 24.3 Å². The lowest BCUT2D eigenvalue weighted by molar-refractivity contribution is -0.0637. The first-order valence-corrected chi connectivity index (χ1v) is 9.17. The number of morpholine rings is 1. The molecule has 2 bridgehead atoms. The van der Waals surface area contributed by atoms with Crippen LogP contribution in [-0.2, 0) is 20.8 Å². The lowest BCUT2D eigenvalue weighted by Crippen LogP contribution is -2.55. The smallest absolute Gasteiger partial charge is 0.410 e. The molecule has 25 heavy (non-hydrogen) atoms. The molecule has 1 amide bonds. The van der Waals surface area contributed by atoms with Crippen LogP contribution in [0.15, 0.2) is 30.3 Å². The third-order valence-electron chi connectivity index (χ3n) is 4.70. The van der Waals surface area contributed by atoms with Crippen molar-refractivity contribution in [2.75, 3.05) is 13.2 Å². The maximum atomic E-state index is 12.7. The molecule has 0 aromatic heterocycles. The largest absolute Gasteiger partial charge is 0.444 e. The van der Waals surface area contributed by atoms with Crippen molar-refractivity contribution < 1.29 is 19.0 Å². The van der Waals surface area contributed by atoms with Crippen molar-refractivity contribution in [3.63, 3.8) is 0 Å². The van der Waals surface area contributed by atoms with Crippen molar-refractivity contribution in [3.05, 3.63) is 35.9 Å². The highest BCUT2D eigenvalue weighted by molar-refractivity contribution is 5.69. The number of carbonyl (C=O) groups excluding carboxylic acids is 1. The van der Waals surface area contributed by atoms with Gasteiger partial charge in [0.15, 0.2) is 0 Å². The van der Waals surface area contributed by atoms with Gasteiger partial charge in [-0.2, -0.15) is 0 Å². The molecule has 3 unspecified atom stereocenters. The first-order chi connectivity index (χ1) is 11.9. The van der Waals surface area contributed by atoms with Gasteiger partial charge >= 0.3 is 6.09 Å². The van der Waals surface area contributed by atoms with Crippen LogP contribution in [0.3, 0.4) is 0 Å². The Morgan fingerprint density at radius 3 is 2.60 bits per heavy atom. The van der Waals surface area contributed by atoms with Crippen LogP contribution in [0, 0.1) is 0 Å². The summed E-state index contributed by atoms with van der Waals surface area (Å²) in [6.45, 7) is 7.46. The lowest BCUT2D eigenvalue weighted by Gasteiger charge is -2.40. The molecule has 2 aliphatic heterocycles. The fourth-order valence-corrected chi connectivity index (χ4v) is 3.55. The highest BCUT2D eigenvalue weighted by Gasteiger charge is 2.41. The molecule has 0 saturated carbocycles. The number of amides is 1. The van der Waals surface area contributed by atoms with E-state index < -0.39 is 5.60 Å². The average Bonchev–Trinajstić information content (AvgIpc) is 2.66. The van der Waals surface area contributed by atoms with Gasteiger partial charge in [0.25, 0.3) is 0 Å². The molecule has 1 aromatic rings. The summed E-state index contributed by atoms with van der Waals surface area (Å²) in [5.41, 5.74) is 0.692. The topological polar surface area (TPSA) is 48.0 Å². The molecule has 2 fully saturated rings. The molecule has 2 heterocycles. The summed E-state index contributed by atoms with van der Waals surface area (Å²) < 4.78 is 17.5. The van der Waals surface area contributed by atoms with Crippen LogP contribution in [0.5, 0.6) is 0 Å². The molecule has 138 valence electrons. The third kappa shape index (κ3) is 4.95. The van der Waals surface area contributed by atoms with Gasteiger partial charge in [-0.25, -0.2) is 4.79 Å². The van der Waals surface area contributed by atoms with Gasteiger partial charge in [0.2, 0.25) is 0 Å². The predicted molar refractivity (Wildman–Crippen MR) is 95.3 cm³/mol. The number of hydrogen-bond donors (Lipinski definition) is 0. The van der Waals surface area contributed by atoms with E-state index in [0.29, 0.717) is 19.8 Å². The van der Waals surface area contributed by atoms with Gasteiger partial charge in [-0.15, -0.1) is 0 Å². The Kier molecular flexibility index (Phi) is 5.64. The number of rotatable bonds is 3. The minimum absolute atomic E-state index is 0.0249. The normalized spacial score (nSPS) is 26.8. The second-order valence-electron chi connectivity index (χ2n) is 7.96. The molecule has 3 atom stereocenters. The number of carbonyl (C=O) groups is 1. The summed E-state index contributed by atoms with van der Waals surface area (Å²) >= 11 is 0.